The summed E-state index contributed by atoms with van der Waals surface area (Å²) in [7, 11) is -3.62. The van der Waals surface area contributed by atoms with Crippen molar-refractivity contribution in [2.24, 2.45) is 0 Å². The molecule has 1 atom stereocenters. The van der Waals surface area contributed by atoms with Crippen molar-refractivity contribution in [3.63, 3.8) is 0 Å². The second-order valence-electron chi connectivity index (χ2n) is 7.12. The summed E-state index contributed by atoms with van der Waals surface area (Å²) in [6, 6.07) is 12.3. The standard InChI is InChI=1S/C21H25FN2O3S/c1-16-6-2-3-13-24(16)28(26,27)20-10-5-8-18(15-20)21(25)23-12-11-17-7-4-9-19(22)14-17/h4-5,7-10,14-16H,2-3,6,11-13H2,1H3,(H,23,25)/t16-/m0/s1. The van der Waals surface area contributed by atoms with Gasteiger partial charge in [-0.3, -0.25) is 4.79 Å². The Kier molecular flexibility index (Phi) is 6.46. The maximum atomic E-state index is 13.2. The van der Waals surface area contributed by atoms with Gasteiger partial charge in [0, 0.05) is 24.7 Å². The molecule has 1 heterocycles. The van der Waals surface area contributed by atoms with Crippen molar-refractivity contribution >= 4 is 15.9 Å². The number of hydrogen-bond donors (Lipinski definition) is 1. The minimum Gasteiger partial charge on any atom is -0.352 e. The van der Waals surface area contributed by atoms with Gasteiger partial charge in [0.25, 0.3) is 5.91 Å². The van der Waals surface area contributed by atoms with Crippen molar-refractivity contribution in [3.8, 4) is 0 Å². The molecule has 1 aliphatic rings. The molecule has 0 aromatic heterocycles. The zero-order valence-corrected chi connectivity index (χ0v) is 16.7. The normalized spacial score (nSPS) is 18.0. The molecule has 1 aliphatic heterocycles. The number of nitrogens with zero attached hydrogens (tertiary/aromatic N) is 1. The molecule has 0 radical (unpaired) electrons. The van der Waals surface area contributed by atoms with Crippen LogP contribution in [-0.2, 0) is 16.4 Å². The lowest BCUT2D eigenvalue weighted by Crippen LogP contribution is -2.42. The van der Waals surface area contributed by atoms with E-state index in [0.717, 1.165) is 24.8 Å². The molecule has 0 spiro atoms. The second kappa shape index (κ2) is 8.84. The van der Waals surface area contributed by atoms with E-state index in [9.17, 15) is 17.6 Å². The quantitative estimate of drug-likeness (QED) is 0.803. The Labute approximate surface area is 165 Å². The predicted molar refractivity (Wildman–Crippen MR) is 106 cm³/mol. The molecular formula is C21H25FN2O3S. The first-order valence-electron chi connectivity index (χ1n) is 9.52. The molecule has 7 heteroatoms. The van der Waals surface area contributed by atoms with Gasteiger partial charge in [-0.15, -0.1) is 0 Å². The number of piperidine rings is 1. The van der Waals surface area contributed by atoms with Gasteiger partial charge in [0.15, 0.2) is 0 Å². The van der Waals surface area contributed by atoms with Crippen molar-refractivity contribution in [1.82, 2.24) is 9.62 Å². The molecule has 1 amide bonds. The van der Waals surface area contributed by atoms with Crippen LogP contribution < -0.4 is 5.32 Å². The number of benzene rings is 2. The highest BCUT2D eigenvalue weighted by Gasteiger charge is 2.31. The number of rotatable bonds is 6. The van der Waals surface area contributed by atoms with E-state index in [0.29, 0.717) is 25.1 Å². The summed E-state index contributed by atoms with van der Waals surface area (Å²) in [5.41, 5.74) is 1.08. The Hall–Kier alpha value is -2.25. The molecule has 0 unspecified atom stereocenters. The summed E-state index contributed by atoms with van der Waals surface area (Å²) in [4.78, 5) is 12.6. The Balaban J connectivity index is 1.67. The van der Waals surface area contributed by atoms with Crippen LogP contribution in [-0.4, -0.2) is 37.8 Å². The number of carbonyl (C=O) groups is 1. The minimum absolute atomic E-state index is 0.0394. The van der Waals surface area contributed by atoms with Crippen LogP contribution in [0.2, 0.25) is 0 Å². The van der Waals surface area contributed by atoms with E-state index in [1.807, 2.05) is 6.92 Å². The molecule has 1 fully saturated rings. The second-order valence-corrected chi connectivity index (χ2v) is 9.01. The van der Waals surface area contributed by atoms with Crippen LogP contribution in [0.5, 0.6) is 0 Å². The molecule has 0 bridgehead atoms. The molecule has 0 aliphatic carbocycles. The predicted octanol–water partition coefficient (Wildman–Crippen LogP) is 3.36. The molecule has 3 rings (SSSR count). The van der Waals surface area contributed by atoms with Crippen LogP contribution in [0.25, 0.3) is 0 Å². The van der Waals surface area contributed by atoms with Crippen molar-refractivity contribution in [1.29, 1.82) is 0 Å². The van der Waals surface area contributed by atoms with Gasteiger partial charge in [-0.05, 0) is 62.1 Å². The van der Waals surface area contributed by atoms with E-state index in [-0.39, 0.29) is 22.7 Å². The van der Waals surface area contributed by atoms with Gasteiger partial charge in [-0.25, -0.2) is 12.8 Å². The van der Waals surface area contributed by atoms with Gasteiger partial charge >= 0.3 is 0 Å². The number of amides is 1. The van der Waals surface area contributed by atoms with Crippen LogP contribution in [0.15, 0.2) is 53.4 Å². The number of halogens is 1. The first-order valence-corrected chi connectivity index (χ1v) is 11.0. The van der Waals surface area contributed by atoms with Gasteiger partial charge in [-0.2, -0.15) is 4.31 Å². The van der Waals surface area contributed by atoms with Crippen LogP contribution in [0.4, 0.5) is 4.39 Å². The van der Waals surface area contributed by atoms with Gasteiger partial charge < -0.3 is 5.32 Å². The highest BCUT2D eigenvalue weighted by molar-refractivity contribution is 7.89. The Morgan fingerprint density at radius 2 is 1.96 bits per heavy atom. The first-order chi connectivity index (χ1) is 13.4. The number of carbonyl (C=O) groups excluding carboxylic acids is 1. The molecule has 150 valence electrons. The third kappa shape index (κ3) is 4.77. The van der Waals surface area contributed by atoms with Crippen molar-refractivity contribution in [2.45, 2.75) is 43.5 Å². The van der Waals surface area contributed by atoms with E-state index in [1.165, 1.54) is 28.6 Å². The summed E-state index contributed by atoms with van der Waals surface area (Å²) in [6.07, 6.45) is 3.22. The number of sulfonamides is 1. The maximum Gasteiger partial charge on any atom is 0.251 e. The van der Waals surface area contributed by atoms with Crippen LogP contribution in [0.3, 0.4) is 0 Å². The molecule has 0 saturated carbocycles. The Morgan fingerprint density at radius 3 is 2.71 bits per heavy atom. The molecule has 5 nitrogen and oxygen atoms in total. The van der Waals surface area contributed by atoms with Crippen LogP contribution in [0.1, 0.15) is 42.1 Å². The van der Waals surface area contributed by atoms with Gasteiger partial charge in [0.1, 0.15) is 5.82 Å². The smallest absolute Gasteiger partial charge is 0.251 e. The molecule has 2 aromatic rings. The monoisotopic (exact) mass is 404 g/mol. The Morgan fingerprint density at radius 1 is 1.18 bits per heavy atom. The fourth-order valence-corrected chi connectivity index (χ4v) is 5.22. The van der Waals surface area contributed by atoms with E-state index < -0.39 is 10.0 Å². The maximum absolute atomic E-state index is 13.2. The zero-order chi connectivity index (χ0) is 20.1. The lowest BCUT2D eigenvalue weighted by molar-refractivity contribution is 0.0954. The molecule has 28 heavy (non-hydrogen) atoms. The van der Waals surface area contributed by atoms with Gasteiger partial charge in [-0.1, -0.05) is 24.6 Å². The van der Waals surface area contributed by atoms with Crippen molar-refractivity contribution in [3.05, 3.63) is 65.5 Å². The molecular weight excluding hydrogens is 379 g/mol. The summed E-state index contributed by atoms with van der Waals surface area (Å²) in [5.74, 6) is -0.658. The molecule has 2 aromatic carbocycles. The van der Waals surface area contributed by atoms with E-state index in [4.69, 9.17) is 0 Å². The van der Waals surface area contributed by atoms with E-state index >= 15 is 0 Å². The lowest BCUT2D eigenvalue weighted by atomic mass is 10.1. The summed E-state index contributed by atoms with van der Waals surface area (Å²) >= 11 is 0. The Bertz CT molecular complexity index is 946. The number of hydrogen-bond acceptors (Lipinski definition) is 3. The highest BCUT2D eigenvalue weighted by atomic mass is 32.2. The van der Waals surface area contributed by atoms with Crippen molar-refractivity contribution in [2.75, 3.05) is 13.1 Å². The van der Waals surface area contributed by atoms with Gasteiger partial charge in [0.05, 0.1) is 4.90 Å². The summed E-state index contributed by atoms with van der Waals surface area (Å²) < 4.78 is 40.7. The largest absolute Gasteiger partial charge is 0.352 e. The zero-order valence-electron chi connectivity index (χ0n) is 15.9. The van der Waals surface area contributed by atoms with Crippen molar-refractivity contribution < 1.29 is 17.6 Å². The third-order valence-corrected chi connectivity index (χ3v) is 7.04. The summed E-state index contributed by atoms with van der Waals surface area (Å²) in [5, 5.41) is 2.76. The highest BCUT2D eigenvalue weighted by Crippen LogP contribution is 2.25. The lowest BCUT2D eigenvalue weighted by Gasteiger charge is -2.32. The molecule has 1 N–H and O–H groups in total. The first kappa shape index (κ1) is 20.5. The minimum atomic E-state index is -3.62. The SMILES string of the molecule is C[C@H]1CCCCN1S(=O)(=O)c1cccc(C(=O)NCCc2cccc(F)c2)c1. The van der Waals surface area contributed by atoms with E-state index in [2.05, 4.69) is 5.32 Å². The number of nitrogens with one attached hydrogen (secondary N) is 1. The third-order valence-electron chi connectivity index (χ3n) is 5.03. The average molecular weight is 405 g/mol. The average Bonchev–Trinajstić information content (AvgIpc) is 2.68. The topological polar surface area (TPSA) is 66.5 Å². The molecule has 1 saturated heterocycles. The van der Waals surface area contributed by atoms with Crippen LogP contribution >= 0.6 is 0 Å². The summed E-state index contributed by atoms with van der Waals surface area (Å²) in [6.45, 7) is 2.76. The van der Waals surface area contributed by atoms with Crippen LogP contribution in [0, 0.1) is 5.82 Å². The fourth-order valence-electron chi connectivity index (χ4n) is 3.48. The van der Waals surface area contributed by atoms with E-state index in [1.54, 1.807) is 24.3 Å². The van der Waals surface area contributed by atoms with Gasteiger partial charge in [0.2, 0.25) is 10.0 Å². The fraction of sp³-hybridized carbons (Fsp3) is 0.381.